The molecule has 3 aromatic rings. The second kappa shape index (κ2) is 6.72. The number of hydrogen-bond donors (Lipinski definition) is 0. The summed E-state index contributed by atoms with van der Waals surface area (Å²) in [5.41, 5.74) is 1.04. The Hall–Kier alpha value is -1.85. The van der Waals surface area contributed by atoms with E-state index in [4.69, 9.17) is 8.94 Å². The summed E-state index contributed by atoms with van der Waals surface area (Å²) in [5, 5.41) is 6.44. The third kappa shape index (κ3) is 3.26. The molecule has 0 unspecified atom stereocenters. The summed E-state index contributed by atoms with van der Waals surface area (Å²) >= 11 is 1.68. The number of hydrogen-bond acceptors (Lipinski definition) is 5. The lowest BCUT2D eigenvalue weighted by Crippen LogP contribution is -2.28. The number of thiophene rings is 1. The summed E-state index contributed by atoms with van der Waals surface area (Å²) in [6, 6.07) is 10.5. The first kappa shape index (κ1) is 14.7. The average molecular weight is 328 g/mol. The van der Waals surface area contributed by atoms with Crippen molar-refractivity contribution in [2.75, 3.05) is 6.54 Å². The Bertz CT molecular complexity index is 718. The molecule has 4 nitrogen and oxygen atoms in total. The third-order valence-electron chi connectivity index (χ3n) is 4.44. The molecule has 0 aromatic carbocycles. The zero-order chi connectivity index (χ0) is 15.5. The Morgan fingerprint density at radius 3 is 3.04 bits per heavy atom. The Balaban J connectivity index is 1.58. The molecule has 4 rings (SSSR count). The van der Waals surface area contributed by atoms with Gasteiger partial charge in [0.2, 0.25) is 0 Å². The fourth-order valence-electron chi connectivity index (χ4n) is 3.28. The molecule has 1 aliphatic rings. The van der Waals surface area contributed by atoms with Crippen LogP contribution in [0.1, 0.15) is 43.2 Å². The van der Waals surface area contributed by atoms with Gasteiger partial charge in [-0.2, -0.15) is 0 Å². The Morgan fingerprint density at radius 2 is 2.22 bits per heavy atom. The van der Waals surface area contributed by atoms with E-state index < -0.39 is 0 Å². The van der Waals surface area contributed by atoms with Crippen LogP contribution < -0.4 is 0 Å². The van der Waals surface area contributed by atoms with Gasteiger partial charge in [-0.1, -0.05) is 24.1 Å². The summed E-state index contributed by atoms with van der Waals surface area (Å²) in [4.78, 5) is 3.61. The molecule has 0 radical (unpaired) electrons. The predicted octanol–water partition coefficient (Wildman–Crippen LogP) is 5.11. The molecule has 23 heavy (non-hydrogen) atoms. The zero-order valence-corrected chi connectivity index (χ0v) is 13.8. The molecule has 4 heterocycles. The molecule has 120 valence electrons. The van der Waals surface area contributed by atoms with Crippen LogP contribution in [-0.2, 0) is 6.54 Å². The van der Waals surface area contributed by atoms with Gasteiger partial charge in [0.25, 0.3) is 0 Å². The van der Waals surface area contributed by atoms with Gasteiger partial charge >= 0.3 is 0 Å². The van der Waals surface area contributed by atoms with Crippen molar-refractivity contribution >= 4 is 11.3 Å². The minimum absolute atomic E-state index is 0.306. The van der Waals surface area contributed by atoms with Crippen molar-refractivity contribution in [2.45, 2.75) is 38.3 Å². The Labute approximate surface area is 139 Å². The van der Waals surface area contributed by atoms with Crippen LogP contribution in [0.3, 0.4) is 0 Å². The molecule has 0 spiro atoms. The van der Waals surface area contributed by atoms with E-state index in [-0.39, 0.29) is 0 Å². The van der Waals surface area contributed by atoms with Crippen molar-refractivity contribution in [3.05, 3.63) is 53.4 Å². The molecular weight excluding hydrogens is 308 g/mol. The van der Waals surface area contributed by atoms with Crippen molar-refractivity contribution in [2.24, 2.45) is 0 Å². The van der Waals surface area contributed by atoms with Gasteiger partial charge in [0, 0.05) is 6.07 Å². The van der Waals surface area contributed by atoms with Crippen molar-refractivity contribution in [3.8, 4) is 10.6 Å². The second-order valence-corrected chi connectivity index (χ2v) is 6.96. The standard InChI is InChI=1S/C18H20N2O2S/c1-2-7-16(20(9-3-1)13-14-6-4-10-21-14)15-12-17(22-19-15)18-8-5-11-23-18/h4-6,8,10-12,16H,1-3,7,9,13H2/t16-/m1/s1. The number of nitrogens with zero attached hydrogens (tertiary/aromatic N) is 2. The summed E-state index contributed by atoms with van der Waals surface area (Å²) < 4.78 is 11.1. The van der Waals surface area contributed by atoms with Crippen molar-refractivity contribution in [1.29, 1.82) is 0 Å². The maximum Gasteiger partial charge on any atom is 0.177 e. The number of aromatic nitrogens is 1. The number of rotatable bonds is 4. The molecule has 1 aliphatic heterocycles. The van der Waals surface area contributed by atoms with E-state index in [1.165, 1.54) is 19.3 Å². The van der Waals surface area contributed by atoms with Gasteiger partial charge in [-0.25, -0.2) is 0 Å². The van der Waals surface area contributed by atoms with Gasteiger partial charge in [0.15, 0.2) is 5.76 Å². The van der Waals surface area contributed by atoms with E-state index in [1.54, 1.807) is 17.6 Å². The summed E-state index contributed by atoms with van der Waals surface area (Å²) in [6.45, 7) is 1.91. The van der Waals surface area contributed by atoms with Gasteiger partial charge in [-0.05, 0) is 43.0 Å². The van der Waals surface area contributed by atoms with E-state index in [0.717, 1.165) is 41.6 Å². The Kier molecular flexibility index (Phi) is 4.30. The van der Waals surface area contributed by atoms with Crippen LogP contribution in [0.4, 0.5) is 0 Å². The molecule has 5 heteroatoms. The summed E-state index contributed by atoms with van der Waals surface area (Å²) in [7, 11) is 0. The highest BCUT2D eigenvalue weighted by Gasteiger charge is 2.26. The largest absolute Gasteiger partial charge is 0.468 e. The molecule has 3 aromatic heterocycles. The topological polar surface area (TPSA) is 42.4 Å². The number of likely N-dealkylation sites (tertiary alicyclic amines) is 1. The zero-order valence-electron chi connectivity index (χ0n) is 13.0. The monoisotopic (exact) mass is 328 g/mol. The van der Waals surface area contributed by atoms with Crippen molar-refractivity contribution in [3.63, 3.8) is 0 Å². The van der Waals surface area contributed by atoms with Crippen LogP contribution in [0.2, 0.25) is 0 Å². The molecule has 0 bridgehead atoms. The van der Waals surface area contributed by atoms with Gasteiger partial charge in [0.05, 0.1) is 23.7 Å². The lowest BCUT2D eigenvalue weighted by atomic mass is 10.1. The first-order valence-corrected chi connectivity index (χ1v) is 9.05. The molecule has 0 amide bonds. The predicted molar refractivity (Wildman–Crippen MR) is 90.1 cm³/mol. The van der Waals surface area contributed by atoms with Crippen molar-refractivity contribution in [1.82, 2.24) is 10.1 Å². The maximum absolute atomic E-state index is 5.60. The second-order valence-electron chi connectivity index (χ2n) is 6.01. The van der Waals surface area contributed by atoms with E-state index in [9.17, 15) is 0 Å². The van der Waals surface area contributed by atoms with Gasteiger partial charge in [-0.3, -0.25) is 4.90 Å². The first-order chi connectivity index (χ1) is 11.4. The highest BCUT2D eigenvalue weighted by Crippen LogP contribution is 2.34. The van der Waals surface area contributed by atoms with E-state index in [2.05, 4.69) is 27.6 Å². The summed E-state index contributed by atoms with van der Waals surface area (Å²) in [6.07, 6.45) is 6.61. The van der Waals surface area contributed by atoms with Crippen LogP contribution in [0.5, 0.6) is 0 Å². The molecule has 1 atom stereocenters. The van der Waals surface area contributed by atoms with Crippen LogP contribution in [0.15, 0.2) is 50.9 Å². The molecule has 0 saturated carbocycles. The van der Waals surface area contributed by atoms with E-state index in [1.807, 2.05) is 18.2 Å². The van der Waals surface area contributed by atoms with Gasteiger partial charge in [0.1, 0.15) is 11.5 Å². The molecular formula is C18H20N2O2S. The van der Waals surface area contributed by atoms with Crippen LogP contribution in [-0.4, -0.2) is 16.6 Å². The first-order valence-electron chi connectivity index (χ1n) is 8.17. The minimum Gasteiger partial charge on any atom is -0.468 e. The SMILES string of the molecule is c1coc(CN2CCCCC[C@@H]2c2cc(-c3cccs3)on2)c1. The van der Waals surface area contributed by atoms with Crippen molar-refractivity contribution < 1.29 is 8.94 Å². The van der Waals surface area contributed by atoms with Crippen LogP contribution >= 0.6 is 11.3 Å². The minimum atomic E-state index is 0.306. The summed E-state index contributed by atoms with van der Waals surface area (Å²) in [5.74, 6) is 1.89. The quantitative estimate of drug-likeness (QED) is 0.667. The molecule has 0 N–H and O–H groups in total. The van der Waals surface area contributed by atoms with E-state index >= 15 is 0 Å². The fraction of sp³-hybridized carbons (Fsp3) is 0.389. The molecule has 0 aliphatic carbocycles. The normalized spacial score (nSPS) is 19.7. The van der Waals surface area contributed by atoms with Crippen LogP contribution in [0, 0.1) is 0 Å². The smallest absolute Gasteiger partial charge is 0.177 e. The molecule has 1 saturated heterocycles. The Morgan fingerprint density at radius 1 is 1.22 bits per heavy atom. The van der Waals surface area contributed by atoms with E-state index in [0.29, 0.717) is 6.04 Å². The van der Waals surface area contributed by atoms with Gasteiger partial charge in [-0.15, -0.1) is 11.3 Å². The lowest BCUT2D eigenvalue weighted by Gasteiger charge is -2.27. The fourth-order valence-corrected chi connectivity index (χ4v) is 3.95. The highest BCUT2D eigenvalue weighted by atomic mass is 32.1. The number of furan rings is 1. The highest BCUT2D eigenvalue weighted by molar-refractivity contribution is 7.13. The average Bonchev–Trinajstić information content (AvgIpc) is 3.29. The van der Waals surface area contributed by atoms with Crippen LogP contribution in [0.25, 0.3) is 10.6 Å². The third-order valence-corrected chi connectivity index (χ3v) is 5.32. The lowest BCUT2D eigenvalue weighted by molar-refractivity contribution is 0.170. The van der Waals surface area contributed by atoms with Gasteiger partial charge < -0.3 is 8.94 Å². The molecule has 1 fully saturated rings. The maximum atomic E-state index is 5.60.